The molecular formula is C27H27N9O6S. The number of tetrazole rings is 1. The fraction of sp³-hybridized carbons (Fsp3) is 0.222. The first-order valence-electron chi connectivity index (χ1n) is 13.0. The lowest BCUT2D eigenvalue weighted by atomic mass is 10.0. The molecule has 0 radical (unpaired) electrons. The second-order valence-corrected chi connectivity index (χ2v) is 10.9. The number of nitrogens with zero attached hydrogens (tertiary/aromatic N) is 7. The molecule has 0 bridgehead atoms. The maximum absolute atomic E-state index is 13.6. The number of benzene rings is 2. The molecule has 0 saturated carbocycles. The normalized spacial score (nSPS) is 11.4. The van der Waals surface area contributed by atoms with E-state index in [0.717, 1.165) is 5.56 Å². The molecule has 0 atom stereocenters. The van der Waals surface area contributed by atoms with Gasteiger partial charge in [0.2, 0.25) is 11.6 Å². The average Bonchev–Trinajstić information content (AvgIpc) is 3.57. The van der Waals surface area contributed by atoms with Crippen LogP contribution in [0.1, 0.15) is 25.3 Å². The van der Waals surface area contributed by atoms with E-state index in [-0.39, 0.29) is 64.7 Å². The molecule has 0 aliphatic carbocycles. The summed E-state index contributed by atoms with van der Waals surface area (Å²) in [6.45, 7) is 3.47. The topological polar surface area (TPSA) is 200 Å². The van der Waals surface area contributed by atoms with Crippen LogP contribution in [-0.2, 0) is 10.0 Å². The summed E-state index contributed by atoms with van der Waals surface area (Å²) < 4.78 is 46.9. The molecule has 0 aliphatic heterocycles. The zero-order chi connectivity index (χ0) is 30.4. The number of aliphatic hydroxyl groups is 1. The number of para-hydroxylation sites is 2. The Morgan fingerprint density at radius 1 is 0.977 bits per heavy atom. The second kappa shape index (κ2) is 12.7. The molecule has 3 N–H and O–H groups in total. The molecule has 0 fully saturated rings. The number of H-pyrrole nitrogens is 1. The van der Waals surface area contributed by atoms with Crippen molar-refractivity contribution in [2.75, 3.05) is 25.0 Å². The Kier molecular flexibility index (Phi) is 8.68. The van der Waals surface area contributed by atoms with Gasteiger partial charge in [0.15, 0.2) is 29.0 Å². The Balaban J connectivity index is 1.65. The number of anilines is 1. The summed E-state index contributed by atoms with van der Waals surface area (Å²) in [7, 11) is -2.73. The molecule has 0 aliphatic rings. The summed E-state index contributed by atoms with van der Waals surface area (Å²) in [5.41, 5.74) is 1.31. The third kappa shape index (κ3) is 6.65. The van der Waals surface area contributed by atoms with E-state index in [4.69, 9.17) is 14.2 Å². The predicted octanol–water partition coefficient (Wildman–Crippen LogP) is 3.21. The van der Waals surface area contributed by atoms with Crippen molar-refractivity contribution in [1.82, 2.24) is 40.6 Å². The van der Waals surface area contributed by atoms with Crippen LogP contribution in [0.4, 0.5) is 5.82 Å². The van der Waals surface area contributed by atoms with E-state index in [0.29, 0.717) is 11.4 Å². The van der Waals surface area contributed by atoms with Gasteiger partial charge in [0.1, 0.15) is 12.3 Å². The van der Waals surface area contributed by atoms with Gasteiger partial charge in [-0.1, -0.05) is 38.1 Å². The molecule has 3 aromatic heterocycles. The SMILES string of the molecule is COc1ccccc1Oc1c(NS(=O)(=O)c2ccc(C(C)C)cc2)nc(-c2nccc(-c3nnn[nH]3)n2)nc1OCCO. The summed E-state index contributed by atoms with van der Waals surface area (Å²) in [6, 6.07) is 14.8. The van der Waals surface area contributed by atoms with E-state index in [2.05, 4.69) is 45.3 Å². The number of sulfonamides is 1. The highest BCUT2D eigenvalue weighted by Crippen LogP contribution is 2.41. The van der Waals surface area contributed by atoms with Crippen LogP contribution >= 0.6 is 0 Å². The molecule has 5 rings (SSSR count). The molecule has 0 saturated heterocycles. The summed E-state index contributed by atoms with van der Waals surface area (Å²) in [6.07, 6.45) is 1.44. The van der Waals surface area contributed by atoms with Crippen molar-refractivity contribution in [1.29, 1.82) is 0 Å². The Morgan fingerprint density at radius 3 is 2.42 bits per heavy atom. The number of hydrogen-bond acceptors (Lipinski definition) is 13. The van der Waals surface area contributed by atoms with Crippen LogP contribution < -0.4 is 18.9 Å². The molecular weight excluding hydrogens is 578 g/mol. The lowest BCUT2D eigenvalue weighted by Crippen LogP contribution is -2.17. The molecule has 5 aromatic rings. The van der Waals surface area contributed by atoms with Gasteiger partial charge >= 0.3 is 0 Å². The molecule has 3 heterocycles. The molecule has 222 valence electrons. The van der Waals surface area contributed by atoms with Crippen LogP contribution in [0.25, 0.3) is 23.2 Å². The molecule has 0 amide bonds. The van der Waals surface area contributed by atoms with Gasteiger partial charge in [-0.2, -0.15) is 4.98 Å². The minimum Gasteiger partial charge on any atom is -0.493 e. The number of aliphatic hydroxyl groups excluding tert-OH is 1. The molecule has 0 spiro atoms. The van der Waals surface area contributed by atoms with E-state index >= 15 is 0 Å². The van der Waals surface area contributed by atoms with E-state index in [1.54, 1.807) is 42.5 Å². The highest BCUT2D eigenvalue weighted by atomic mass is 32.2. The molecule has 2 aromatic carbocycles. The van der Waals surface area contributed by atoms with Crippen molar-refractivity contribution in [3.05, 3.63) is 66.4 Å². The fourth-order valence-electron chi connectivity index (χ4n) is 3.83. The van der Waals surface area contributed by atoms with Crippen LogP contribution in [0, 0.1) is 0 Å². The fourth-order valence-corrected chi connectivity index (χ4v) is 4.83. The van der Waals surface area contributed by atoms with Gasteiger partial charge in [0, 0.05) is 6.20 Å². The number of aromatic nitrogens is 8. The van der Waals surface area contributed by atoms with Crippen molar-refractivity contribution >= 4 is 15.8 Å². The van der Waals surface area contributed by atoms with Gasteiger partial charge in [-0.3, -0.25) is 4.72 Å². The quantitative estimate of drug-likeness (QED) is 0.187. The second-order valence-electron chi connectivity index (χ2n) is 9.20. The third-order valence-corrected chi connectivity index (χ3v) is 7.33. The largest absolute Gasteiger partial charge is 0.493 e. The Morgan fingerprint density at radius 2 is 1.74 bits per heavy atom. The first-order valence-corrected chi connectivity index (χ1v) is 14.4. The van der Waals surface area contributed by atoms with Crippen molar-refractivity contribution in [3.8, 4) is 46.3 Å². The number of aromatic amines is 1. The van der Waals surface area contributed by atoms with Crippen molar-refractivity contribution in [3.63, 3.8) is 0 Å². The van der Waals surface area contributed by atoms with Gasteiger partial charge in [-0.05, 0) is 52.2 Å². The standard InChI is InChI=1S/C27H27N9O6S/c1-16(2)17-8-10-18(11-9-17)43(38,39)34-24-22(42-21-7-5-4-6-20(21)40-3)27(41-15-14-37)31-26(30-24)25-28-13-12-19(29-25)23-32-35-36-33-23/h4-13,16,37H,14-15H2,1-3H3,(H,30,31,34)(H,32,33,35,36). The zero-order valence-electron chi connectivity index (χ0n) is 23.3. The maximum Gasteiger partial charge on any atom is 0.263 e. The van der Waals surface area contributed by atoms with Crippen molar-refractivity contribution in [2.45, 2.75) is 24.7 Å². The monoisotopic (exact) mass is 605 g/mol. The van der Waals surface area contributed by atoms with Crippen LogP contribution in [-0.4, -0.2) is 74.4 Å². The number of nitrogens with one attached hydrogen (secondary N) is 2. The Labute approximate surface area is 246 Å². The van der Waals surface area contributed by atoms with E-state index in [9.17, 15) is 13.5 Å². The van der Waals surface area contributed by atoms with Crippen LogP contribution in [0.15, 0.2) is 65.7 Å². The van der Waals surface area contributed by atoms with Gasteiger partial charge < -0.3 is 19.3 Å². The highest BCUT2D eigenvalue weighted by Gasteiger charge is 2.26. The molecule has 15 nitrogen and oxygen atoms in total. The average molecular weight is 606 g/mol. The number of hydrogen-bond donors (Lipinski definition) is 3. The highest BCUT2D eigenvalue weighted by molar-refractivity contribution is 7.92. The Bertz CT molecular complexity index is 1800. The summed E-state index contributed by atoms with van der Waals surface area (Å²) >= 11 is 0. The van der Waals surface area contributed by atoms with Gasteiger partial charge in [-0.25, -0.2) is 28.5 Å². The van der Waals surface area contributed by atoms with Crippen LogP contribution in [0.2, 0.25) is 0 Å². The van der Waals surface area contributed by atoms with Crippen molar-refractivity contribution in [2.24, 2.45) is 0 Å². The van der Waals surface area contributed by atoms with Crippen LogP contribution in [0.5, 0.6) is 23.1 Å². The van der Waals surface area contributed by atoms with E-state index in [1.807, 2.05) is 13.8 Å². The smallest absolute Gasteiger partial charge is 0.263 e. The van der Waals surface area contributed by atoms with E-state index < -0.39 is 10.0 Å². The van der Waals surface area contributed by atoms with E-state index in [1.165, 1.54) is 25.4 Å². The first-order chi connectivity index (χ1) is 20.8. The third-order valence-electron chi connectivity index (χ3n) is 5.98. The van der Waals surface area contributed by atoms with Gasteiger partial charge in [0.25, 0.3) is 15.9 Å². The number of methoxy groups -OCH3 is 1. The number of rotatable bonds is 12. The molecule has 0 unspecified atom stereocenters. The zero-order valence-corrected chi connectivity index (χ0v) is 24.1. The van der Waals surface area contributed by atoms with Crippen LogP contribution in [0.3, 0.4) is 0 Å². The number of ether oxygens (including phenoxy) is 3. The van der Waals surface area contributed by atoms with Gasteiger partial charge in [-0.15, -0.1) is 5.10 Å². The lowest BCUT2D eigenvalue weighted by molar-refractivity contribution is 0.192. The van der Waals surface area contributed by atoms with Crippen molar-refractivity contribution < 1.29 is 27.7 Å². The lowest BCUT2D eigenvalue weighted by Gasteiger charge is -2.18. The molecule has 16 heteroatoms. The Hall–Kier alpha value is -5.22. The van der Waals surface area contributed by atoms with Gasteiger partial charge in [0.05, 0.1) is 18.6 Å². The predicted molar refractivity (Wildman–Crippen MR) is 153 cm³/mol. The minimum atomic E-state index is -4.19. The summed E-state index contributed by atoms with van der Waals surface area (Å²) in [5, 5.41) is 23.1. The summed E-state index contributed by atoms with van der Waals surface area (Å²) in [5.74, 6) is 0.324. The molecule has 43 heavy (non-hydrogen) atoms. The summed E-state index contributed by atoms with van der Waals surface area (Å²) in [4.78, 5) is 17.5. The first kappa shape index (κ1) is 29.3. The maximum atomic E-state index is 13.6. The minimum absolute atomic E-state index is 0.00537.